The van der Waals surface area contributed by atoms with Gasteiger partial charge in [-0.1, -0.05) is 6.07 Å². The molecule has 6 heteroatoms. The fourth-order valence-electron chi connectivity index (χ4n) is 3.67. The van der Waals surface area contributed by atoms with Crippen LogP contribution in [0.5, 0.6) is 0 Å². The zero-order valence-electron chi connectivity index (χ0n) is 15.6. The first-order valence-electron chi connectivity index (χ1n) is 9.14. The second-order valence-electron chi connectivity index (χ2n) is 7.00. The third-order valence-electron chi connectivity index (χ3n) is 4.92. The van der Waals surface area contributed by atoms with Gasteiger partial charge in [-0.05, 0) is 51.8 Å². The molecule has 0 aromatic carbocycles. The van der Waals surface area contributed by atoms with Crippen LogP contribution in [0.15, 0.2) is 36.7 Å². The number of hydrogen-bond donors (Lipinski definition) is 0. The van der Waals surface area contributed by atoms with E-state index in [1.807, 2.05) is 49.9 Å². The second-order valence-corrected chi connectivity index (χ2v) is 7.00. The normalized spacial score (nSPS) is 17.5. The second kappa shape index (κ2) is 6.86. The molecule has 1 aliphatic heterocycles. The molecule has 0 unspecified atom stereocenters. The molecule has 0 N–H and O–H groups in total. The van der Waals surface area contributed by atoms with Crippen molar-refractivity contribution in [2.45, 2.75) is 39.5 Å². The molecule has 3 aromatic rings. The van der Waals surface area contributed by atoms with Gasteiger partial charge in [0.1, 0.15) is 11.6 Å². The van der Waals surface area contributed by atoms with E-state index < -0.39 is 0 Å². The van der Waals surface area contributed by atoms with Crippen LogP contribution in [0, 0.1) is 20.8 Å². The number of hydrogen-bond acceptors (Lipinski definition) is 5. The molecule has 4 heterocycles. The van der Waals surface area contributed by atoms with Crippen molar-refractivity contribution in [1.29, 1.82) is 0 Å². The van der Waals surface area contributed by atoms with Crippen molar-refractivity contribution in [3.8, 4) is 5.82 Å². The average Bonchev–Trinajstić information content (AvgIpc) is 3.07. The van der Waals surface area contributed by atoms with Crippen molar-refractivity contribution >= 4 is 5.95 Å². The number of aromatic nitrogens is 5. The van der Waals surface area contributed by atoms with Gasteiger partial charge in [-0.15, -0.1) is 0 Å². The van der Waals surface area contributed by atoms with E-state index in [9.17, 15) is 0 Å². The Bertz CT molecular complexity index is 896. The molecule has 0 bridgehead atoms. The molecule has 1 aliphatic rings. The quantitative estimate of drug-likeness (QED) is 0.726. The van der Waals surface area contributed by atoms with Crippen LogP contribution in [0.3, 0.4) is 0 Å². The lowest BCUT2D eigenvalue weighted by Crippen LogP contribution is -2.36. The third-order valence-corrected chi connectivity index (χ3v) is 4.92. The Balaban J connectivity index is 1.59. The van der Waals surface area contributed by atoms with Gasteiger partial charge in [0, 0.05) is 48.5 Å². The molecule has 1 atom stereocenters. The summed E-state index contributed by atoms with van der Waals surface area (Å²) in [5.41, 5.74) is 3.17. The molecule has 0 saturated carbocycles. The van der Waals surface area contributed by atoms with Crippen molar-refractivity contribution in [1.82, 2.24) is 24.5 Å². The third kappa shape index (κ3) is 3.31. The van der Waals surface area contributed by atoms with Crippen LogP contribution >= 0.6 is 0 Å². The van der Waals surface area contributed by atoms with Crippen molar-refractivity contribution in [3.05, 3.63) is 59.6 Å². The fraction of sp³-hybridized carbons (Fsp3) is 0.400. The Morgan fingerprint density at radius 2 is 1.85 bits per heavy atom. The lowest BCUT2D eigenvalue weighted by atomic mass is 9.94. The molecule has 4 rings (SSSR count). The van der Waals surface area contributed by atoms with E-state index in [-0.39, 0.29) is 0 Å². The van der Waals surface area contributed by atoms with E-state index in [0.29, 0.717) is 5.92 Å². The first-order valence-corrected chi connectivity index (χ1v) is 9.14. The lowest BCUT2D eigenvalue weighted by Gasteiger charge is -2.32. The summed E-state index contributed by atoms with van der Waals surface area (Å²) >= 11 is 0. The van der Waals surface area contributed by atoms with E-state index >= 15 is 0 Å². The largest absolute Gasteiger partial charge is 0.340 e. The van der Waals surface area contributed by atoms with Gasteiger partial charge in [0.05, 0.1) is 0 Å². The maximum absolute atomic E-state index is 4.92. The number of rotatable bonds is 3. The van der Waals surface area contributed by atoms with Gasteiger partial charge in [-0.25, -0.2) is 19.9 Å². The number of imidazole rings is 1. The topological polar surface area (TPSA) is 59.7 Å². The van der Waals surface area contributed by atoms with Crippen LogP contribution in [0.25, 0.3) is 5.82 Å². The van der Waals surface area contributed by atoms with Crippen LogP contribution in [0.2, 0.25) is 0 Å². The smallest absolute Gasteiger partial charge is 0.225 e. The summed E-state index contributed by atoms with van der Waals surface area (Å²) in [5.74, 6) is 3.10. The number of piperidine rings is 1. The number of aryl methyl sites for hydroxylation is 3. The first-order chi connectivity index (χ1) is 12.6. The van der Waals surface area contributed by atoms with Gasteiger partial charge < -0.3 is 4.90 Å². The molecule has 1 saturated heterocycles. The van der Waals surface area contributed by atoms with Crippen LogP contribution in [0.1, 0.15) is 41.7 Å². The maximum Gasteiger partial charge on any atom is 0.225 e. The zero-order valence-corrected chi connectivity index (χ0v) is 15.6. The lowest BCUT2D eigenvalue weighted by molar-refractivity contribution is 0.494. The highest BCUT2D eigenvalue weighted by atomic mass is 15.3. The predicted octanol–water partition coefficient (Wildman–Crippen LogP) is 3.37. The summed E-state index contributed by atoms with van der Waals surface area (Å²) in [6.07, 6.45) is 6.03. The van der Waals surface area contributed by atoms with E-state index in [4.69, 9.17) is 4.98 Å². The number of nitrogens with zero attached hydrogens (tertiary/aromatic N) is 6. The Labute approximate surface area is 154 Å². The molecule has 0 spiro atoms. The maximum atomic E-state index is 4.92. The van der Waals surface area contributed by atoms with E-state index in [2.05, 4.69) is 32.0 Å². The van der Waals surface area contributed by atoms with Crippen molar-refractivity contribution in [3.63, 3.8) is 0 Å². The highest BCUT2D eigenvalue weighted by Gasteiger charge is 2.24. The molecule has 0 aliphatic carbocycles. The van der Waals surface area contributed by atoms with Gasteiger partial charge in [0.25, 0.3) is 0 Å². The standard InChI is InChI=1S/C20H24N6/c1-14-12-15(2)23-20(22-14)25-10-5-6-17(13-25)18-7-4-8-19(24-18)26-11-9-21-16(26)3/h4,7-9,11-12,17H,5-6,10,13H2,1-3H3/t17-/m1/s1. The van der Waals surface area contributed by atoms with Crippen LogP contribution in [-0.4, -0.2) is 37.6 Å². The summed E-state index contributed by atoms with van der Waals surface area (Å²) < 4.78 is 2.02. The minimum absolute atomic E-state index is 0.386. The molecule has 3 aromatic heterocycles. The minimum atomic E-state index is 0.386. The molecule has 134 valence electrons. The summed E-state index contributed by atoms with van der Waals surface area (Å²) in [6.45, 7) is 7.95. The van der Waals surface area contributed by atoms with Crippen LogP contribution < -0.4 is 4.90 Å². The number of pyridine rings is 1. The summed E-state index contributed by atoms with van der Waals surface area (Å²) in [5, 5.41) is 0. The molecule has 26 heavy (non-hydrogen) atoms. The summed E-state index contributed by atoms with van der Waals surface area (Å²) in [4.78, 5) is 20.8. The molecule has 0 amide bonds. The van der Waals surface area contributed by atoms with E-state index in [1.165, 1.54) is 0 Å². The van der Waals surface area contributed by atoms with Crippen LogP contribution in [-0.2, 0) is 0 Å². The molecule has 1 fully saturated rings. The SMILES string of the molecule is Cc1cc(C)nc(N2CCC[C@@H](c3cccc(-n4ccnc4C)n3)C2)n1. The Morgan fingerprint density at radius 1 is 1.04 bits per heavy atom. The highest BCUT2D eigenvalue weighted by Crippen LogP contribution is 2.28. The van der Waals surface area contributed by atoms with Crippen LogP contribution in [0.4, 0.5) is 5.95 Å². The Morgan fingerprint density at radius 3 is 2.58 bits per heavy atom. The molecule has 6 nitrogen and oxygen atoms in total. The average molecular weight is 348 g/mol. The summed E-state index contributed by atoms with van der Waals surface area (Å²) in [7, 11) is 0. The van der Waals surface area contributed by atoms with Gasteiger partial charge >= 0.3 is 0 Å². The van der Waals surface area contributed by atoms with E-state index in [0.717, 1.165) is 60.6 Å². The Kier molecular flexibility index (Phi) is 4.41. The molecular formula is C20H24N6. The Hall–Kier alpha value is -2.76. The predicted molar refractivity (Wildman–Crippen MR) is 102 cm³/mol. The van der Waals surface area contributed by atoms with Gasteiger partial charge in [-0.3, -0.25) is 4.57 Å². The molecule has 0 radical (unpaired) electrons. The zero-order chi connectivity index (χ0) is 18.1. The van der Waals surface area contributed by atoms with Crippen molar-refractivity contribution in [2.75, 3.05) is 18.0 Å². The minimum Gasteiger partial charge on any atom is -0.340 e. The fourth-order valence-corrected chi connectivity index (χ4v) is 3.67. The summed E-state index contributed by atoms with van der Waals surface area (Å²) in [6, 6.07) is 8.27. The van der Waals surface area contributed by atoms with E-state index in [1.54, 1.807) is 0 Å². The number of anilines is 1. The van der Waals surface area contributed by atoms with Crippen molar-refractivity contribution < 1.29 is 0 Å². The monoisotopic (exact) mass is 348 g/mol. The van der Waals surface area contributed by atoms with Crippen molar-refractivity contribution in [2.24, 2.45) is 0 Å². The van der Waals surface area contributed by atoms with Gasteiger partial charge in [0.15, 0.2) is 0 Å². The highest BCUT2D eigenvalue weighted by molar-refractivity contribution is 5.35. The molecular weight excluding hydrogens is 324 g/mol. The first kappa shape index (κ1) is 16.7. The van der Waals surface area contributed by atoms with Gasteiger partial charge in [-0.2, -0.15) is 0 Å². The van der Waals surface area contributed by atoms with Gasteiger partial charge in [0.2, 0.25) is 5.95 Å².